The number of benzene rings is 1. The highest BCUT2D eigenvalue weighted by atomic mass is 35.5. The summed E-state index contributed by atoms with van der Waals surface area (Å²) in [5.41, 5.74) is 6.42. The molecule has 0 radical (unpaired) electrons. The highest BCUT2D eigenvalue weighted by Crippen LogP contribution is 2.26. The first kappa shape index (κ1) is 13.3. The standard InChI is InChI=1S/C11H13Cl2NO2/c1-2-16-11(15)9(14)6-7-4-3-5-8(12)10(7)13/h3-5,9H,2,6,14H2,1H3. The Morgan fingerprint density at radius 1 is 1.50 bits per heavy atom. The predicted molar refractivity (Wildman–Crippen MR) is 64.8 cm³/mol. The molecule has 0 aliphatic rings. The zero-order chi connectivity index (χ0) is 12.1. The number of ether oxygens (including phenoxy) is 1. The lowest BCUT2D eigenvalue weighted by molar-refractivity contribution is -0.144. The second kappa shape index (κ2) is 6.09. The van der Waals surface area contributed by atoms with E-state index in [-0.39, 0.29) is 0 Å². The lowest BCUT2D eigenvalue weighted by Crippen LogP contribution is -2.34. The summed E-state index contributed by atoms with van der Waals surface area (Å²) < 4.78 is 4.81. The molecule has 0 saturated heterocycles. The molecule has 0 aromatic heterocycles. The Morgan fingerprint density at radius 3 is 2.81 bits per heavy atom. The monoisotopic (exact) mass is 261 g/mol. The topological polar surface area (TPSA) is 52.3 Å². The van der Waals surface area contributed by atoms with E-state index in [0.717, 1.165) is 5.56 Å². The summed E-state index contributed by atoms with van der Waals surface area (Å²) in [6.07, 6.45) is 0.318. The Bertz CT molecular complexity index is 382. The molecule has 0 aliphatic carbocycles. The van der Waals surface area contributed by atoms with Crippen LogP contribution in [0.4, 0.5) is 0 Å². The van der Waals surface area contributed by atoms with Gasteiger partial charge in [-0.3, -0.25) is 4.79 Å². The first-order chi connectivity index (χ1) is 7.56. The largest absolute Gasteiger partial charge is 0.465 e. The molecule has 0 heterocycles. The Labute approximate surface area is 104 Å². The fraction of sp³-hybridized carbons (Fsp3) is 0.364. The molecule has 16 heavy (non-hydrogen) atoms. The Balaban J connectivity index is 2.73. The fourth-order valence-corrected chi connectivity index (χ4v) is 1.67. The van der Waals surface area contributed by atoms with Gasteiger partial charge in [0, 0.05) is 0 Å². The molecule has 0 bridgehead atoms. The molecule has 5 heteroatoms. The van der Waals surface area contributed by atoms with Crippen molar-refractivity contribution in [1.82, 2.24) is 0 Å². The van der Waals surface area contributed by atoms with Crippen molar-refractivity contribution in [2.45, 2.75) is 19.4 Å². The average Bonchev–Trinajstić information content (AvgIpc) is 2.25. The van der Waals surface area contributed by atoms with Gasteiger partial charge < -0.3 is 10.5 Å². The first-order valence-corrected chi connectivity index (χ1v) is 5.67. The quantitative estimate of drug-likeness (QED) is 0.848. The van der Waals surface area contributed by atoms with Crippen LogP contribution in [0.3, 0.4) is 0 Å². The van der Waals surface area contributed by atoms with E-state index in [1.165, 1.54) is 0 Å². The molecule has 3 nitrogen and oxygen atoms in total. The maximum Gasteiger partial charge on any atom is 0.323 e. The van der Waals surface area contributed by atoms with Gasteiger partial charge in [-0.05, 0) is 25.0 Å². The van der Waals surface area contributed by atoms with E-state index in [0.29, 0.717) is 23.1 Å². The van der Waals surface area contributed by atoms with Gasteiger partial charge in [0.1, 0.15) is 6.04 Å². The third-order valence-electron chi connectivity index (χ3n) is 2.06. The third kappa shape index (κ3) is 3.37. The zero-order valence-corrected chi connectivity index (χ0v) is 10.4. The minimum absolute atomic E-state index is 0.315. The van der Waals surface area contributed by atoms with E-state index in [1.807, 2.05) is 0 Å². The minimum atomic E-state index is -0.712. The van der Waals surface area contributed by atoms with Gasteiger partial charge in [0.2, 0.25) is 0 Å². The Hall–Kier alpha value is -0.770. The number of rotatable bonds is 4. The number of nitrogens with two attached hydrogens (primary N) is 1. The van der Waals surface area contributed by atoms with Gasteiger partial charge in [-0.2, -0.15) is 0 Å². The molecule has 2 N–H and O–H groups in total. The second-order valence-corrected chi connectivity index (χ2v) is 4.06. The lowest BCUT2D eigenvalue weighted by atomic mass is 10.1. The highest BCUT2D eigenvalue weighted by Gasteiger charge is 2.17. The SMILES string of the molecule is CCOC(=O)C(N)Cc1cccc(Cl)c1Cl. The molecule has 1 aromatic rings. The molecule has 0 amide bonds. The maximum absolute atomic E-state index is 11.3. The predicted octanol–water partition coefficient (Wildman–Crippen LogP) is 2.43. The van der Waals surface area contributed by atoms with Crippen LogP contribution in [0.15, 0.2) is 18.2 Å². The molecule has 88 valence electrons. The van der Waals surface area contributed by atoms with Crippen molar-refractivity contribution in [2.75, 3.05) is 6.61 Å². The van der Waals surface area contributed by atoms with Gasteiger partial charge in [0.05, 0.1) is 16.7 Å². The van der Waals surface area contributed by atoms with Crippen LogP contribution in [0.5, 0.6) is 0 Å². The van der Waals surface area contributed by atoms with Crippen LogP contribution in [0, 0.1) is 0 Å². The van der Waals surface area contributed by atoms with Crippen LogP contribution in [-0.2, 0) is 16.0 Å². The number of carbonyl (C=O) groups is 1. The van der Waals surface area contributed by atoms with Crippen LogP contribution in [0.1, 0.15) is 12.5 Å². The molecule has 0 aliphatic heterocycles. The van der Waals surface area contributed by atoms with Crippen LogP contribution in [0.2, 0.25) is 10.0 Å². The van der Waals surface area contributed by atoms with Gasteiger partial charge in [0.15, 0.2) is 0 Å². The number of esters is 1. The van der Waals surface area contributed by atoms with E-state index < -0.39 is 12.0 Å². The van der Waals surface area contributed by atoms with Crippen molar-refractivity contribution >= 4 is 29.2 Å². The van der Waals surface area contributed by atoms with Crippen molar-refractivity contribution in [2.24, 2.45) is 5.73 Å². The molecule has 1 rings (SSSR count). The molecular formula is C11H13Cl2NO2. The zero-order valence-electron chi connectivity index (χ0n) is 8.87. The summed E-state index contributed by atoms with van der Waals surface area (Å²) in [6, 6.07) is 4.52. The molecule has 1 unspecified atom stereocenters. The molecule has 1 aromatic carbocycles. The second-order valence-electron chi connectivity index (χ2n) is 3.28. The van der Waals surface area contributed by atoms with Crippen LogP contribution >= 0.6 is 23.2 Å². The summed E-state index contributed by atoms with van der Waals surface area (Å²) in [5.74, 6) is -0.432. The van der Waals surface area contributed by atoms with Crippen molar-refractivity contribution in [1.29, 1.82) is 0 Å². The number of carbonyl (C=O) groups excluding carboxylic acids is 1. The van der Waals surface area contributed by atoms with Gasteiger partial charge in [-0.15, -0.1) is 0 Å². The van der Waals surface area contributed by atoms with Gasteiger partial charge in [0.25, 0.3) is 0 Å². The van der Waals surface area contributed by atoms with Crippen molar-refractivity contribution in [3.05, 3.63) is 33.8 Å². The maximum atomic E-state index is 11.3. The highest BCUT2D eigenvalue weighted by molar-refractivity contribution is 6.42. The average molecular weight is 262 g/mol. The molecule has 1 atom stereocenters. The van der Waals surface area contributed by atoms with Gasteiger partial charge in [-0.25, -0.2) is 0 Å². The van der Waals surface area contributed by atoms with E-state index in [9.17, 15) is 4.79 Å². The summed E-state index contributed by atoms with van der Waals surface area (Å²) in [6.45, 7) is 2.05. The first-order valence-electron chi connectivity index (χ1n) is 4.91. The summed E-state index contributed by atoms with van der Waals surface area (Å²) in [5, 5.41) is 0.888. The number of hydrogen-bond donors (Lipinski definition) is 1. The van der Waals surface area contributed by atoms with Crippen molar-refractivity contribution in [3.63, 3.8) is 0 Å². The van der Waals surface area contributed by atoms with E-state index in [1.54, 1.807) is 25.1 Å². The van der Waals surface area contributed by atoms with Crippen LogP contribution < -0.4 is 5.73 Å². The van der Waals surface area contributed by atoms with Gasteiger partial charge in [-0.1, -0.05) is 35.3 Å². The number of halogens is 2. The lowest BCUT2D eigenvalue weighted by Gasteiger charge is -2.11. The Morgan fingerprint density at radius 2 is 2.19 bits per heavy atom. The molecular weight excluding hydrogens is 249 g/mol. The van der Waals surface area contributed by atoms with Crippen molar-refractivity contribution in [3.8, 4) is 0 Å². The molecule has 0 saturated carbocycles. The molecule has 0 fully saturated rings. The van der Waals surface area contributed by atoms with Gasteiger partial charge >= 0.3 is 5.97 Å². The van der Waals surface area contributed by atoms with Crippen LogP contribution in [0.25, 0.3) is 0 Å². The van der Waals surface area contributed by atoms with E-state index >= 15 is 0 Å². The smallest absolute Gasteiger partial charge is 0.323 e. The van der Waals surface area contributed by atoms with Crippen molar-refractivity contribution < 1.29 is 9.53 Å². The summed E-state index contributed by atoms with van der Waals surface area (Å²) in [4.78, 5) is 11.3. The minimum Gasteiger partial charge on any atom is -0.465 e. The molecule has 0 spiro atoms. The summed E-state index contributed by atoms with van der Waals surface area (Å²) >= 11 is 11.8. The fourth-order valence-electron chi connectivity index (χ4n) is 1.28. The normalized spacial score (nSPS) is 12.2. The summed E-state index contributed by atoms with van der Waals surface area (Å²) in [7, 11) is 0. The van der Waals surface area contributed by atoms with E-state index in [2.05, 4.69) is 0 Å². The van der Waals surface area contributed by atoms with Crippen LogP contribution in [-0.4, -0.2) is 18.6 Å². The van der Waals surface area contributed by atoms with E-state index in [4.69, 9.17) is 33.7 Å². The Kier molecular flexibility index (Phi) is 5.06. The third-order valence-corrected chi connectivity index (χ3v) is 2.92. The number of hydrogen-bond acceptors (Lipinski definition) is 3.